The molecule has 1 saturated heterocycles. The number of aryl methyl sites for hydroxylation is 1. The number of rotatable bonds is 3. The minimum Gasteiger partial charge on any atom is -0.446 e. The minimum atomic E-state index is -0.506. The number of nitrogens with one attached hydrogen (secondary N) is 1. The average Bonchev–Trinajstić information content (AvgIpc) is 3.12. The van der Waals surface area contributed by atoms with Crippen molar-refractivity contribution in [1.82, 2.24) is 9.88 Å². The molecule has 4 aliphatic carbocycles. The average molecular weight is 396 g/mol. The fourth-order valence-corrected chi connectivity index (χ4v) is 6.33. The van der Waals surface area contributed by atoms with Crippen LogP contribution in [0.25, 0.3) is 0 Å². The highest BCUT2D eigenvalue weighted by molar-refractivity contribution is 5.68. The monoisotopic (exact) mass is 396 g/mol. The summed E-state index contributed by atoms with van der Waals surface area (Å²) in [4.78, 5) is 19.0. The number of carbonyl (C=O) groups excluding carboxylic acids is 1. The largest absolute Gasteiger partial charge is 0.446 e. The van der Waals surface area contributed by atoms with Gasteiger partial charge in [0.05, 0.1) is 16.9 Å². The molecule has 1 amide bonds. The second kappa shape index (κ2) is 6.88. The second-order valence-electron chi connectivity index (χ2n) is 9.56. The van der Waals surface area contributed by atoms with E-state index in [2.05, 4.69) is 16.4 Å². The second-order valence-corrected chi connectivity index (χ2v) is 9.56. The maximum atomic E-state index is 12.8. The molecule has 1 aliphatic heterocycles. The Bertz CT molecular complexity index is 850. The lowest BCUT2D eigenvalue weighted by Crippen LogP contribution is -2.58. The van der Waals surface area contributed by atoms with Crippen LogP contribution in [0, 0.1) is 36.0 Å². The van der Waals surface area contributed by atoms with E-state index >= 15 is 0 Å². The number of aromatic nitrogens is 1. The van der Waals surface area contributed by atoms with Gasteiger partial charge in [0, 0.05) is 19.1 Å². The maximum Gasteiger partial charge on any atom is 0.410 e. The topological polar surface area (TPSA) is 98.5 Å². The van der Waals surface area contributed by atoms with Gasteiger partial charge in [-0.05, 0) is 75.3 Å². The molecule has 7 nitrogen and oxygen atoms in total. The van der Waals surface area contributed by atoms with Gasteiger partial charge in [0.25, 0.3) is 0 Å². The predicted octanol–water partition coefficient (Wildman–Crippen LogP) is 2.82. The van der Waals surface area contributed by atoms with Crippen molar-refractivity contribution in [2.75, 3.05) is 18.4 Å². The SMILES string of the molecule is Cc1nc(NC2CCN(C(=O)OC3C4CC5C[C@@H]3CC(O)(C5)C4)C2)ccc1C#N. The zero-order valence-electron chi connectivity index (χ0n) is 16.8. The van der Waals surface area contributed by atoms with Crippen LogP contribution in [0.3, 0.4) is 0 Å². The first-order valence-corrected chi connectivity index (χ1v) is 10.7. The van der Waals surface area contributed by atoms with Gasteiger partial charge in [0.2, 0.25) is 0 Å². The molecule has 0 aromatic carbocycles. The summed E-state index contributed by atoms with van der Waals surface area (Å²) in [6, 6.07) is 5.83. The summed E-state index contributed by atoms with van der Waals surface area (Å²) >= 11 is 0. The van der Waals surface area contributed by atoms with Crippen LogP contribution in [0.1, 0.15) is 49.8 Å². The highest BCUT2D eigenvalue weighted by atomic mass is 16.6. The van der Waals surface area contributed by atoms with Crippen LogP contribution in [-0.2, 0) is 4.74 Å². The fourth-order valence-electron chi connectivity index (χ4n) is 6.33. The molecule has 7 heteroatoms. The van der Waals surface area contributed by atoms with Gasteiger partial charge in [-0.15, -0.1) is 0 Å². The molecule has 1 aromatic heterocycles. The van der Waals surface area contributed by atoms with Crippen molar-refractivity contribution in [3.8, 4) is 6.07 Å². The first-order chi connectivity index (χ1) is 13.9. The molecule has 29 heavy (non-hydrogen) atoms. The Balaban J connectivity index is 1.17. The molecule has 2 N–H and O–H groups in total. The molecule has 5 fully saturated rings. The lowest BCUT2D eigenvalue weighted by atomic mass is 9.53. The van der Waals surface area contributed by atoms with Crippen molar-refractivity contribution in [3.63, 3.8) is 0 Å². The summed E-state index contributed by atoms with van der Waals surface area (Å²) in [7, 11) is 0. The van der Waals surface area contributed by atoms with Crippen molar-refractivity contribution in [2.24, 2.45) is 17.8 Å². The van der Waals surface area contributed by atoms with Crippen molar-refractivity contribution in [3.05, 3.63) is 23.4 Å². The maximum absolute atomic E-state index is 12.8. The number of nitrogens with zero attached hydrogens (tertiary/aromatic N) is 3. The van der Waals surface area contributed by atoms with E-state index in [0.717, 1.165) is 44.3 Å². The summed E-state index contributed by atoms with van der Waals surface area (Å²) in [6.07, 6.45) is 5.27. The van der Waals surface area contributed by atoms with E-state index in [1.54, 1.807) is 11.0 Å². The van der Waals surface area contributed by atoms with Crippen molar-refractivity contribution >= 4 is 11.9 Å². The van der Waals surface area contributed by atoms with Crippen molar-refractivity contribution < 1.29 is 14.6 Å². The number of hydrogen-bond acceptors (Lipinski definition) is 6. The Morgan fingerprint density at radius 1 is 1.34 bits per heavy atom. The van der Waals surface area contributed by atoms with Crippen LogP contribution in [0.4, 0.5) is 10.6 Å². The number of carbonyl (C=O) groups is 1. The number of nitriles is 1. The molecule has 2 heterocycles. The van der Waals surface area contributed by atoms with E-state index in [1.807, 2.05) is 13.0 Å². The van der Waals surface area contributed by atoms with Gasteiger partial charge in [-0.1, -0.05) is 0 Å². The molecule has 6 rings (SSSR count). The van der Waals surface area contributed by atoms with Crippen LogP contribution < -0.4 is 5.32 Å². The molecule has 6 atom stereocenters. The van der Waals surface area contributed by atoms with Gasteiger partial charge < -0.3 is 20.1 Å². The third kappa shape index (κ3) is 3.44. The molecule has 4 saturated carbocycles. The number of hydrogen-bond donors (Lipinski definition) is 2. The normalized spacial score (nSPS) is 37.4. The van der Waals surface area contributed by atoms with E-state index in [9.17, 15) is 9.90 Å². The first kappa shape index (κ1) is 18.7. The lowest BCUT2D eigenvalue weighted by Gasteiger charge is -2.57. The summed E-state index contributed by atoms with van der Waals surface area (Å²) in [5, 5.41) is 23.1. The summed E-state index contributed by atoms with van der Waals surface area (Å²) in [5.74, 6) is 1.97. The van der Waals surface area contributed by atoms with Gasteiger partial charge in [-0.3, -0.25) is 0 Å². The quantitative estimate of drug-likeness (QED) is 0.815. The standard InChI is InChI=1S/C22H28N4O3/c1-13-15(11-23)2-3-19(24-13)25-18-4-5-26(12-18)21(27)29-20-16-6-14-7-17(20)10-22(28,8-14)9-16/h2-3,14,16-18,20,28H,4-10,12H2,1H3,(H,24,25)/t14?,16-,17?,18?,20?,22?/m1/s1. The van der Waals surface area contributed by atoms with Crippen LogP contribution >= 0.6 is 0 Å². The van der Waals surface area contributed by atoms with Gasteiger partial charge >= 0.3 is 6.09 Å². The van der Waals surface area contributed by atoms with Crippen LogP contribution in [0.2, 0.25) is 0 Å². The fraction of sp³-hybridized carbons (Fsp3) is 0.682. The zero-order chi connectivity index (χ0) is 20.2. The lowest BCUT2D eigenvalue weighted by molar-refractivity contribution is -0.177. The van der Waals surface area contributed by atoms with E-state index in [0.29, 0.717) is 42.1 Å². The number of anilines is 1. The Morgan fingerprint density at radius 2 is 2.10 bits per heavy atom. The molecular weight excluding hydrogens is 368 g/mol. The highest BCUT2D eigenvalue weighted by Gasteiger charge is 2.56. The highest BCUT2D eigenvalue weighted by Crippen LogP contribution is 2.56. The zero-order valence-corrected chi connectivity index (χ0v) is 16.8. The van der Waals surface area contributed by atoms with Gasteiger partial charge in [-0.2, -0.15) is 5.26 Å². The van der Waals surface area contributed by atoms with E-state index in [4.69, 9.17) is 10.00 Å². The van der Waals surface area contributed by atoms with E-state index in [1.165, 1.54) is 0 Å². The Hall–Kier alpha value is -2.33. The number of pyridine rings is 1. The first-order valence-electron chi connectivity index (χ1n) is 10.7. The molecule has 4 bridgehead atoms. The molecule has 0 spiro atoms. The van der Waals surface area contributed by atoms with E-state index in [-0.39, 0.29) is 18.2 Å². The van der Waals surface area contributed by atoms with Gasteiger partial charge in [0.1, 0.15) is 18.0 Å². The Labute approximate surface area is 171 Å². The summed E-state index contributed by atoms with van der Waals surface area (Å²) < 4.78 is 6.00. The molecular formula is C22H28N4O3. The Kier molecular flexibility index (Phi) is 4.43. The molecule has 1 aromatic rings. The third-order valence-electron chi connectivity index (χ3n) is 7.40. The number of likely N-dealkylation sites (tertiary alicyclic amines) is 1. The Morgan fingerprint density at radius 3 is 2.76 bits per heavy atom. The molecule has 5 unspecified atom stereocenters. The molecule has 154 valence electrons. The summed E-state index contributed by atoms with van der Waals surface area (Å²) in [6.45, 7) is 3.08. The minimum absolute atomic E-state index is 0.0332. The van der Waals surface area contributed by atoms with E-state index < -0.39 is 5.60 Å². The van der Waals surface area contributed by atoms with Crippen molar-refractivity contribution in [1.29, 1.82) is 5.26 Å². The smallest absolute Gasteiger partial charge is 0.410 e. The molecule has 5 aliphatic rings. The van der Waals surface area contributed by atoms with Crippen molar-refractivity contribution in [2.45, 2.75) is 63.2 Å². The van der Waals surface area contributed by atoms with Gasteiger partial charge in [-0.25, -0.2) is 9.78 Å². The van der Waals surface area contributed by atoms with Crippen LogP contribution in [-0.4, -0.2) is 51.9 Å². The van der Waals surface area contributed by atoms with Gasteiger partial charge in [0.15, 0.2) is 0 Å². The molecule has 0 radical (unpaired) electrons. The van der Waals surface area contributed by atoms with Crippen LogP contribution in [0.15, 0.2) is 12.1 Å². The predicted molar refractivity (Wildman–Crippen MR) is 106 cm³/mol. The number of aliphatic hydroxyl groups is 1. The van der Waals surface area contributed by atoms with Crippen LogP contribution in [0.5, 0.6) is 0 Å². The number of amides is 1. The summed E-state index contributed by atoms with van der Waals surface area (Å²) in [5.41, 5.74) is 0.775. The third-order valence-corrected chi connectivity index (χ3v) is 7.40. The number of ether oxygens (including phenoxy) is 1.